The third kappa shape index (κ3) is 3.38. The largest absolute Gasteiger partial charge is 0.335 e. The molecule has 0 unspecified atom stereocenters. The van der Waals surface area contributed by atoms with Gasteiger partial charge in [0, 0.05) is 38.8 Å². The second-order valence-corrected chi connectivity index (χ2v) is 10.6. The molecule has 0 radical (unpaired) electrons. The zero-order valence-corrected chi connectivity index (χ0v) is 19.5. The molecule has 9 nitrogen and oxygen atoms in total. The molecule has 11 heteroatoms. The van der Waals surface area contributed by atoms with E-state index in [0.717, 1.165) is 4.57 Å². The molecule has 3 heterocycles. The van der Waals surface area contributed by atoms with Crippen LogP contribution in [0.3, 0.4) is 0 Å². The minimum atomic E-state index is -3.60. The highest BCUT2D eigenvalue weighted by Crippen LogP contribution is 2.27. The number of hydrogen-bond donors (Lipinski definition) is 0. The van der Waals surface area contributed by atoms with Gasteiger partial charge in [-0.15, -0.1) is 0 Å². The lowest BCUT2D eigenvalue weighted by molar-refractivity contribution is 0.0648. The topological polar surface area (TPSA) is 103 Å². The van der Waals surface area contributed by atoms with Crippen LogP contribution < -0.4 is 11.2 Å². The quantitative estimate of drug-likeness (QED) is 0.551. The number of halogens is 1. The van der Waals surface area contributed by atoms with Gasteiger partial charge in [-0.3, -0.25) is 18.7 Å². The minimum Gasteiger partial charge on any atom is -0.335 e. The number of nitrogens with zero attached hydrogens (tertiary/aromatic N) is 4. The lowest BCUT2D eigenvalue weighted by Crippen LogP contribution is -2.57. The molecule has 1 aliphatic heterocycles. The molecule has 0 atom stereocenters. The van der Waals surface area contributed by atoms with Crippen molar-refractivity contribution in [2.75, 3.05) is 13.1 Å². The Balaban J connectivity index is 1.67. The van der Waals surface area contributed by atoms with Crippen LogP contribution in [0.1, 0.15) is 23.8 Å². The van der Waals surface area contributed by atoms with Gasteiger partial charge in [-0.1, -0.05) is 18.5 Å². The molecule has 1 fully saturated rings. The highest BCUT2D eigenvalue weighted by atomic mass is 35.5. The Bertz CT molecular complexity index is 1440. The molecule has 0 N–H and O–H groups in total. The number of fused-ring (bicyclic) bond motifs is 1. The number of aromatic nitrogens is 3. The summed E-state index contributed by atoms with van der Waals surface area (Å²) in [5.74, 6) is -0.369. The molecule has 170 valence electrons. The average molecular weight is 479 g/mol. The van der Waals surface area contributed by atoms with E-state index in [1.807, 2.05) is 6.92 Å². The first kappa shape index (κ1) is 22.3. The second-order valence-electron chi connectivity index (χ2n) is 7.96. The molecule has 32 heavy (non-hydrogen) atoms. The summed E-state index contributed by atoms with van der Waals surface area (Å²) >= 11 is 5.84. The first-order valence-corrected chi connectivity index (χ1v) is 12.1. The van der Waals surface area contributed by atoms with Crippen molar-refractivity contribution in [3.8, 4) is 0 Å². The van der Waals surface area contributed by atoms with Crippen LogP contribution in [-0.4, -0.2) is 51.3 Å². The highest BCUT2D eigenvalue weighted by Gasteiger charge is 2.41. The predicted molar refractivity (Wildman–Crippen MR) is 121 cm³/mol. The van der Waals surface area contributed by atoms with Crippen LogP contribution in [0.5, 0.6) is 0 Å². The number of hydrogen-bond acceptors (Lipinski definition) is 5. The molecule has 1 saturated heterocycles. The van der Waals surface area contributed by atoms with Crippen LogP contribution in [0.2, 0.25) is 5.02 Å². The van der Waals surface area contributed by atoms with Gasteiger partial charge < -0.3 is 9.47 Å². The maximum atomic E-state index is 13.2. The van der Waals surface area contributed by atoms with Crippen molar-refractivity contribution in [3.63, 3.8) is 0 Å². The molecular formula is C21H23ClN4O5S. The summed E-state index contributed by atoms with van der Waals surface area (Å²) < 4.78 is 29.7. The number of carbonyl (C=O) groups excluding carboxylic acids is 1. The standard InChI is InChI=1S/C21H23ClN4O5S/c1-4-9-26-17(10-16-18(26)23(2)21(29)24(3)19(16)27)20(28)25-11-15(12-25)32(30,31)14-7-5-13(22)6-8-14/h5-8,10,15H,4,9,11-12H2,1-3H3. The number of likely N-dealkylation sites (tertiary alicyclic amines) is 1. The Kier molecular flexibility index (Phi) is 5.54. The number of benzene rings is 1. The van der Waals surface area contributed by atoms with E-state index in [-0.39, 0.29) is 35.0 Å². The number of aryl methyl sites for hydroxylation is 2. The molecule has 0 saturated carbocycles. The molecule has 3 aromatic rings. The van der Waals surface area contributed by atoms with Gasteiger partial charge in [0.15, 0.2) is 9.84 Å². The monoisotopic (exact) mass is 478 g/mol. The third-order valence-electron chi connectivity index (χ3n) is 5.88. The smallest absolute Gasteiger partial charge is 0.332 e. The zero-order chi connectivity index (χ0) is 23.4. The van der Waals surface area contributed by atoms with Crippen molar-refractivity contribution in [3.05, 3.63) is 61.9 Å². The van der Waals surface area contributed by atoms with Crippen molar-refractivity contribution >= 4 is 38.4 Å². The summed E-state index contributed by atoms with van der Waals surface area (Å²) in [5, 5.41) is 0.00442. The summed E-state index contributed by atoms with van der Waals surface area (Å²) in [6.07, 6.45) is 0.682. The summed E-state index contributed by atoms with van der Waals surface area (Å²) in [6, 6.07) is 7.44. The summed E-state index contributed by atoms with van der Waals surface area (Å²) in [5.41, 5.74) is -0.300. The van der Waals surface area contributed by atoms with E-state index < -0.39 is 26.3 Å². The van der Waals surface area contributed by atoms with E-state index in [1.165, 1.54) is 46.8 Å². The summed E-state index contributed by atoms with van der Waals surface area (Å²) in [4.78, 5) is 39.9. The van der Waals surface area contributed by atoms with Gasteiger partial charge >= 0.3 is 5.69 Å². The Morgan fingerprint density at radius 2 is 1.72 bits per heavy atom. The zero-order valence-electron chi connectivity index (χ0n) is 17.9. The molecule has 1 aromatic carbocycles. The van der Waals surface area contributed by atoms with Gasteiger partial charge in [-0.2, -0.15) is 0 Å². The maximum absolute atomic E-state index is 13.2. The van der Waals surface area contributed by atoms with Crippen LogP contribution in [0.4, 0.5) is 0 Å². The van der Waals surface area contributed by atoms with Crippen LogP contribution in [0, 0.1) is 0 Å². The lowest BCUT2D eigenvalue weighted by atomic mass is 10.2. The first-order valence-electron chi connectivity index (χ1n) is 10.2. The van der Waals surface area contributed by atoms with Gasteiger partial charge in [-0.05, 0) is 36.8 Å². The highest BCUT2D eigenvalue weighted by molar-refractivity contribution is 7.92. The SMILES string of the molecule is CCCn1c(C(=O)N2CC(S(=O)(=O)c3ccc(Cl)cc3)C2)cc2c(=O)n(C)c(=O)n(C)c21. The van der Waals surface area contributed by atoms with E-state index >= 15 is 0 Å². The number of sulfone groups is 1. The normalized spacial score (nSPS) is 14.7. The molecule has 1 aliphatic rings. The first-order chi connectivity index (χ1) is 15.1. The molecule has 0 spiro atoms. The molecule has 1 amide bonds. The number of amides is 1. The summed E-state index contributed by atoms with van der Waals surface area (Å²) in [7, 11) is -0.644. The van der Waals surface area contributed by atoms with Gasteiger partial charge in [0.2, 0.25) is 0 Å². The van der Waals surface area contributed by atoms with Crippen molar-refractivity contribution in [1.82, 2.24) is 18.6 Å². The van der Waals surface area contributed by atoms with Crippen molar-refractivity contribution in [2.45, 2.75) is 30.0 Å². The Morgan fingerprint density at radius 1 is 1.09 bits per heavy atom. The van der Waals surface area contributed by atoms with Crippen LogP contribution in [0.15, 0.2) is 44.8 Å². The van der Waals surface area contributed by atoms with E-state index in [9.17, 15) is 22.8 Å². The minimum absolute atomic E-state index is 0.0500. The fraction of sp³-hybridized carbons (Fsp3) is 0.381. The molecule has 0 aliphatic carbocycles. The third-order valence-corrected chi connectivity index (χ3v) is 8.23. The Hall–Kier alpha value is -2.85. The molecule has 2 aromatic heterocycles. The van der Waals surface area contributed by atoms with Gasteiger partial charge in [-0.25, -0.2) is 13.2 Å². The fourth-order valence-corrected chi connectivity index (χ4v) is 5.83. The van der Waals surface area contributed by atoms with Crippen molar-refractivity contribution in [2.24, 2.45) is 14.1 Å². The molecule has 0 bridgehead atoms. The van der Waals surface area contributed by atoms with Crippen molar-refractivity contribution in [1.29, 1.82) is 0 Å². The average Bonchev–Trinajstić information content (AvgIpc) is 3.09. The van der Waals surface area contributed by atoms with Crippen molar-refractivity contribution < 1.29 is 13.2 Å². The van der Waals surface area contributed by atoms with E-state index in [4.69, 9.17) is 11.6 Å². The molecular weight excluding hydrogens is 456 g/mol. The lowest BCUT2D eigenvalue weighted by Gasteiger charge is -2.38. The Morgan fingerprint density at radius 3 is 2.31 bits per heavy atom. The van der Waals surface area contributed by atoms with Gasteiger partial charge in [0.1, 0.15) is 16.6 Å². The Labute approximate surface area is 189 Å². The van der Waals surface area contributed by atoms with Gasteiger partial charge in [0.05, 0.1) is 10.3 Å². The molecule has 4 rings (SSSR count). The second kappa shape index (κ2) is 7.93. The van der Waals surface area contributed by atoms with Gasteiger partial charge in [0.25, 0.3) is 11.5 Å². The fourth-order valence-electron chi connectivity index (χ4n) is 4.05. The predicted octanol–water partition coefficient (Wildman–Crippen LogP) is 1.40. The van der Waals surface area contributed by atoms with E-state index in [2.05, 4.69) is 0 Å². The summed E-state index contributed by atoms with van der Waals surface area (Å²) in [6.45, 7) is 2.46. The number of carbonyl (C=O) groups is 1. The van der Waals surface area contributed by atoms with Crippen LogP contribution in [-0.2, 0) is 30.5 Å². The van der Waals surface area contributed by atoms with Crippen LogP contribution >= 0.6 is 11.6 Å². The van der Waals surface area contributed by atoms with E-state index in [1.54, 1.807) is 11.6 Å². The number of rotatable bonds is 5. The maximum Gasteiger partial charge on any atom is 0.332 e. The van der Waals surface area contributed by atoms with Crippen LogP contribution in [0.25, 0.3) is 11.0 Å². The van der Waals surface area contributed by atoms with E-state index in [0.29, 0.717) is 23.6 Å².